The molecule has 1 fully saturated rings. The fourth-order valence-corrected chi connectivity index (χ4v) is 2.54. The van der Waals surface area contributed by atoms with Crippen molar-refractivity contribution in [3.63, 3.8) is 0 Å². The van der Waals surface area contributed by atoms with Crippen molar-refractivity contribution in [2.75, 3.05) is 6.26 Å². The predicted molar refractivity (Wildman–Crippen MR) is 69.1 cm³/mol. The third-order valence-electron chi connectivity index (χ3n) is 3.11. The summed E-state index contributed by atoms with van der Waals surface area (Å²) in [6.07, 6.45) is 2.50. The van der Waals surface area contributed by atoms with Gasteiger partial charge in [0, 0.05) is 22.7 Å². The maximum Gasteiger partial charge on any atom is 0.237 e. The van der Waals surface area contributed by atoms with E-state index in [0.717, 1.165) is 10.5 Å². The number of nitro groups is 1. The van der Waals surface area contributed by atoms with Crippen molar-refractivity contribution in [3.05, 3.63) is 39.9 Å². The molecular formula is C12H14N2O3S. The molecule has 1 aromatic carbocycles. The minimum absolute atomic E-state index is 0.118. The van der Waals surface area contributed by atoms with Crippen LogP contribution < -0.4 is 5.32 Å². The summed E-state index contributed by atoms with van der Waals surface area (Å²) >= 11 is 1.61. The number of carbonyl (C=O) groups excluding carboxylic acids is 1. The largest absolute Gasteiger partial charge is 0.343 e. The fraction of sp³-hybridized carbons (Fsp3) is 0.417. The zero-order valence-corrected chi connectivity index (χ0v) is 10.8. The standard InChI is InChI=1S/C12H14N2O3S/c1-18-9-4-2-8(3-5-9)12-10(14(16)17)6-7-11(15)13-12/h2-5,10,12H,6-7H2,1H3,(H,13,15)/t10-,12+/m1/s1. The SMILES string of the molecule is CSc1ccc([C@@H]2NC(=O)CC[C@H]2[N+](=O)[O-])cc1. The molecule has 0 bridgehead atoms. The first-order valence-corrected chi connectivity index (χ1v) is 6.91. The number of nitrogens with zero attached hydrogens (tertiary/aromatic N) is 1. The molecule has 96 valence electrons. The van der Waals surface area contributed by atoms with E-state index in [9.17, 15) is 14.9 Å². The summed E-state index contributed by atoms with van der Waals surface area (Å²) in [5.41, 5.74) is 0.794. The van der Waals surface area contributed by atoms with Crippen LogP contribution in [0.25, 0.3) is 0 Å². The molecule has 1 aliphatic rings. The first-order valence-electron chi connectivity index (χ1n) is 5.68. The lowest BCUT2D eigenvalue weighted by Crippen LogP contribution is -2.45. The maximum atomic E-state index is 11.4. The van der Waals surface area contributed by atoms with Crippen LogP contribution in [0.2, 0.25) is 0 Å². The molecule has 6 heteroatoms. The quantitative estimate of drug-likeness (QED) is 0.516. The van der Waals surface area contributed by atoms with Crippen molar-refractivity contribution in [3.8, 4) is 0 Å². The highest BCUT2D eigenvalue weighted by Crippen LogP contribution is 2.27. The van der Waals surface area contributed by atoms with Crippen LogP contribution in [0.1, 0.15) is 24.4 Å². The molecule has 5 nitrogen and oxygen atoms in total. The van der Waals surface area contributed by atoms with Crippen molar-refractivity contribution in [1.82, 2.24) is 5.32 Å². The smallest absolute Gasteiger partial charge is 0.237 e. The van der Waals surface area contributed by atoms with Gasteiger partial charge in [-0.15, -0.1) is 11.8 Å². The van der Waals surface area contributed by atoms with Crippen LogP contribution in [0.4, 0.5) is 0 Å². The van der Waals surface area contributed by atoms with Gasteiger partial charge in [0.25, 0.3) is 0 Å². The molecule has 18 heavy (non-hydrogen) atoms. The third-order valence-corrected chi connectivity index (χ3v) is 3.86. The van der Waals surface area contributed by atoms with E-state index in [-0.39, 0.29) is 17.3 Å². The Morgan fingerprint density at radius 2 is 2.06 bits per heavy atom. The molecule has 0 aromatic heterocycles. The molecule has 0 aliphatic carbocycles. The van der Waals surface area contributed by atoms with Gasteiger partial charge in [-0.2, -0.15) is 0 Å². The fourth-order valence-electron chi connectivity index (χ4n) is 2.13. The zero-order chi connectivity index (χ0) is 13.1. The number of hydrogen-bond donors (Lipinski definition) is 1. The van der Waals surface area contributed by atoms with Gasteiger partial charge in [-0.3, -0.25) is 14.9 Å². The number of benzene rings is 1. The number of carbonyl (C=O) groups is 1. The lowest BCUT2D eigenvalue weighted by Gasteiger charge is -2.26. The molecule has 1 saturated heterocycles. The van der Waals surface area contributed by atoms with Crippen molar-refractivity contribution >= 4 is 17.7 Å². The summed E-state index contributed by atoms with van der Waals surface area (Å²) in [5, 5.41) is 13.7. The number of thioether (sulfide) groups is 1. The Morgan fingerprint density at radius 1 is 1.39 bits per heavy atom. The van der Waals surface area contributed by atoms with Gasteiger partial charge in [-0.25, -0.2) is 0 Å². The van der Waals surface area contributed by atoms with Gasteiger partial charge in [0.1, 0.15) is 6.04 Å². The highest BCUT2D eigenvalue weighted by molar-refractivity contribution is 7.98. The zero-order valence-electron chi connectivity index (χ0n) is 9.96. The summed E-state index contributed by atoms with van der Waals surface area (Å²) in [6.45, 7) is 0. The van der Waals surface area contributed by atoms with Gasteiger partial charge in [0.2, 0.25) is 11.9 Å². The first kappa shape index (κ1) is 12.9. The predicted octanol–water partition coefficient (Wildman–Crippen LogP) is 2.00. The van der Waals surface area contributed by atoms with E-state index in [1.54, 1.807) is 11.8 Å². The van der Waals surface area contributed by atoms with E-state index >= 15 is 0 Å². The van der Waals surface area contributed by atoms with E-state index in [1.165, 1.54) is 0 Å². The second-order valence-electron chi connectivity index (χ2n) is 4.21. The van der Waals surface area contributed by atoms with Crippen LogP contribution in [0, 0.1) is 10.1 Å². The summed E-state index contributed by atoms with van der Waals surface area (Å²) in [7, 11) is 0. The molecule has 2 atom stereocenters. The van der Waals surface area contributed by atoms with Gasteiger partial charge in [0.15, 0.2) is 0 Å². The van der Waals surface area contributed by atoms with Crippen molar-refractivity contribution in [1.29, 1.82) is 0 Å². The molecule has 1 N–H and O–H groups in total. The van der Waals surface area contributed by atoms with Gasteiger partial charge in [0.05, 0.1) is 0 Å². The van der Waals surface area contributed by atoms with Crippen LogP contribution in [0.3, 0.4) is 0 Å². The first-order chi connectivity index (χ1) is 8.61. The van der Waals surface area contributed by atoms with E-state index in [1.807, 2.05) is 30.5 Å². The van der Waals surface area contributed by atoms with Crippen molar-refractivity contribution in [2.45, 2.75) is 29.8 Å². The monoisotopic (exact) mass is 266 g/mol. The molecular weight excluding hydrogens is 252 g/mol. The second kappa shape index (κ2) is 5.39. The van der Waals surface area contributed by atoms with E-state index in [4.69, 9.17) is 0 Å². The Morgan fingerprint density at radius 3 is 2.61 bits per heavy atom. The molecule has 1 aliphatic heterocycles. The summed E-state index contributed by atoms with van der Waals surface area (Å²) in [6, 6.07) is 6.27. The maximum absolute atomic E-state index is 11.4. The van der Waals surface area contributed by atoms with Crippen LogP contribution >= 0.6 is 11.8 Å². The Kier molecular flexibility index (Phi) is 3.86. The Hall–Kier alpha value is -1.56. The van der Waals surface area contributed by atoms with Crippen molar-refractivity contribution < 1.29 is 9.72 Å². The summed E-state index contributed by atoms with van der Waals surface area (Å²) in [5.74, 6) is -0.118. The molecule has 0 spiro atoms. The Balaban J connectivity index is 2.25. The molecule has 1 aromatic rings. The lowest BCUT2D eigenvalue weighted by molar-refractivity contribution is -0.529. The highest BCUT2D eigenvalue weighted by atomic mass is 32.2. The number of amides is 1. The number of rotatable bonds is 3. The van der Waals surface area contributed by atoms with Crippen LogP contribution in [0.5, 0.6) is 0 Å². The van der Waals surface area contributed by atoms with E-state index in [2.05, 4.69) is 5.32 Å². The minimum atomic E-state index is -0.733. The Labute approximate surface area is 109 Å². The molecule has 0 saturated carbocycles. The second-order valence-corrected chi connectivity index (χ2v) is 5.09. The summed E-state index contributed by atoms with van der Waals surface area (Å²) in [4.78, 5) is 23.2. The molecule has 0 radical (unpaired) electrons. The van der Waals surface area contributed by atoms with Crippen LogP contribution in [0.15, 0.2) is 29.2 Å². The third kappa shape index (κ3) is 2.64. The van der Waals surface area contributed by atoms with Crippen LogP contribution in [-0.4, -0.2) is 23.1 Å². The molecule has 1 amide bonds. The number of hydrogen-bond acceptors (Lipinski definition) is 4. The average molecular weight is 266 g/mol. The highest BCUT2D eigenvalue weighted by Gasteiger charge is 2.37. The average Bonchev–Trinajstić information content (AvgIpc) is 2.38. The number of nitrogens with one attached hydrogen (secondary N) is 1. The summed E-state index contributed by atoms with van der Waals surface area (Å²) < 4.78 is 0. The number of piperidine rings is 1. The van der Waals surface area contributed by atoms with E-state index < -0.39 is 12.1 Å². The normalized spacial score (nSPS) is 23.5. The molecule has 1 heterocycles. The Bertz CT molecular complexity index is 461. The van der Waals surface area contributed by atoms with Gasteiger partial charge < -0.3 is 5.32 Å². The van der Waals surface area contributed by atoms with Crippen LogP contribution in [-0.2, 0) is 4.79 Å². The topological polar surface area (TPSA) is 72.2 Å². The molecule has 0 unspecified atom stereocenters. The van der Waals surface area contributed by atoms with Gasteiger partial charge in [-0.1, -0.05) is 12.1 Å². The molecule has 2 rings (SSSR count). The van der Waals surface area contributed by atoms with Crippen molar-refractivity contribution in [2.24, 2.45) is 0 Å². The lowest BCUT2D eigenvalue weighted by atomic mass is 9.92. The van der Waals surface area contributed by atoms with Gasteiger partial charge in [-0.05, 0) is 24.0 Å². The minimum Gasteiger partial charge on any atom is -0.343 e. The van der Waals surface area contributed by atoms with E-state index in [0.29, 0.717) is 6.42 Å². The van der Waals surface area contributed by atoms with Gasteiger partial charge >= 0.3 is 0 Å².